The quantitative estimate of drug-likeness (QED) is 0.470. The first-order chi connectivity index (χ1) is 13.7. The maximum absolute atomic E-state index is 10.5. The molecule has 0 spiro atoms. The van der Waals surface area contributed by atoms with Crippen LogP contribution in [0.15, 0.2) is 11.6 Å². The molecule has 1 N–H and O–H groups in total. The Morgan fingerprint density at radius 1 is 1.00 bits per heavy atom. The van der Waals surface area contributed by atoms with E-state index in [0.29, 0.717) is 16.7 Å². The minimum atomic E-state index is -0.109. The van der Waals surface area contributed by atoms with Gasteiger partial charge in [0.25, 0.3) is 0 Å². The second-order valence-electron chi connectivity index (χ2n) is 12.6. The average molecular weight is 401 g/mol. The van der Waals surface area contributed by atoms with Gasteiger partial charge in [0, 0.05) is 5.92 Å². The molecular formula is C28H48O. The van der Waals surface area contributed by atoms with E-state index in [2.05, 4.69) is 47.6 Å². The maximum Gasteiger partial charge on any atom is 0.0603 e. The highest BCUT2D eigenvalue weighted by molar-refractivity contribution is 5.27. The third-order valence-corrected chi connectivity index (χ3v) is 10.8. The van der Waals surface area contributed by atoms with Crippen LogP contribution in [0, 0.1) is 52.3 Å². The lowest BCUT2D eigenvalue weighted by atomic mass is 9.46. The molecule has 1 nitrogen and oxygen atoms in total. The Morgan fingerprint density at radius 2 is 1.76 bits per heavy atom. The van der Waals surface area contributed by atoms with Gasteiger partial charge in [-0.1, -0.05) is 72.5 Å². The fourth-order valence-corrected chi connectivity index (χ4v) is 9.08. The van der Waals surface area contributed by atoms with Crippen molar-refractivity contribution in [3.8, 4) is 0 Å². The van der Waals surface area contributed by atoms with Gasteiger partial charge in [-0.05, 0) is 91.3 Å². The first-order valence-electron chi connectivity index (χ1n) is 13.1. The molecule has 3 saturated carbocycles. The lowest BCUT2D eigenvalue weighted by Crippen LogP contribution is -2.52. The molecular weight excluding hydrogens is 352 g/mol. The number of rotatable bonds is 5. The van der Waals surface area contributed by atoms with E-state index in [0.717, 1.165) is 41.9 Å². The Kier molecular flexibility index (Phi) is 6.04. The highest BCUT2D eigenvalue weighted by atomic mass is 16.3. The van der Waals surface area contributed by atoms with Crippen LogP contribution in [0.5, 0.6) is 0 Å². The smallest absolute Gasteiger partial charge is 0.0603 e. The number of aliphatic hydroxyl groups excluding tert-OH is 1. The molecule has 0 saturated heterocycles. The summed E-state index contributed by atoms with van der Waals surface area (Å²) in [5, 5.41) is 10.5. The predicted octanol–water partition coefficient (Wildman–Crippen LogP) is 7.63. The Labute approximate surface area is 181 Å². The number of hydrogen-bond donors (Lipinski definition) is 1. The van der Waals surface area contributed by atoms with Crippen molar-refractivity contribution in [3.63, 3.8) is 0 Å². The van der Waals surface area contributed by atoms with E-state index in [-0.39, 0.29) is 6.10 Å². The Bertz CT molecular complexity index is 620. The molecule has 5 unspecified atom stereocenters. The van der Waals surface area contributed by atoms with Crippen LogP contribution in [0.3, 0.4) is 0 Å². The van der Waals surface area contributed by atoms with Crippen LogP contribution in [0.4, 0.5) is 0 Å². The molecule has 3 fully saturated rings. The molecule has 29 heavy (non-hydrogen) atoms. The van der Waals surface area contributed by atoms with Gasteiger partial charge in [0.2, 0.25) is 0 Å². The molecule has 166 valence electrons. The van der Waals surface area contributed by atoms with Gasteiger partial charge in [-0.25, -0.2) is 0 Å². The average Bonchev–Trinajstić information content (AvgIpc) is 3.02. The summed E-state index contributed by atoms with van der Waals surface area (Å²) < 4.78 is 0. The fourth-order valence-electron chi connectivity index (χ4n) is 9.08. The van der Waals surface area contributed by atoms with Crippen molar-refractivity contribution in [1.82, 2.24) is 0 Å². The van der Waals surface area contributed by atoms with E-state index >= 15 is 0 Å². The molecule has 4 aliphatic carbocycles. The first-order valence-corrected chi connectivity index (χ1v) is 13.1. The van der Waals surface area contributed by atoms with Crippen molar-refractivity contribution in [2.75, 3.05) is 0 Å². The molecule has 1 heteroatoms. The molecule has 0 radical (unpaired) electrons. The lowest BCUT2D eigenvalue weighted by Gasteiger charge is -2.59. The summed E-state index contributed by atoms with van der Waals surface area (Å²) in [7, 11) is 0. The summed E-state index contributed by atoms with van der Waals surface area (Å²) in [5.74, 6) is 5.78. The summed E-state index contributed by atoms with van der Waals surface area (Å²) in [5.41, 5.74) is 2.57. The van der Waals surface area contributed by atoms with Crippen LogP contribution in [0.25, 0.3) is 0 Å². The Hall–Kier alpha value is -0.300. The molecule has 0 bridgehead atoms. The van der Waals surface area contributed by atoms with Crippen LogP contribution in [-0.2, 0) is 0 Å². The highest BCUT2D eigenvalue weighted by Gasteiger charge is 2.59. The van der Waals surface area contributed by atoms with Crippen LogP contribution in [0.1, 0.15) is 106 Å². The Balaban J connectivity index is 1.51. The number of fused-ring (bicyclic) bond motifs is 5. The topological polar surface area (TPSA) is 20.2 Å². The number of allylic oxidation sites excluding steroid dienone is 1. The summed E-state index contributed by atoms with van der Waals surface area (Å²) in [4.78, 5) is 0. The maximum atomic E-state index is 10.5. The van der Waals surface area contributed by atoms with Crippen LogP contribution in [-0.4, -0.2) is 11.2 Å². The molecule has 0 amide bonds. The monoisotopic (exact) mass is 400 g/mol. The van der Waals surface area contributed by atoms with Gasteiger partial charge in [-0.15, -0.1) is 0 Å². The summed E-state index contributed by atoms with van der Waals surface area (Å²) in [6.45, 7) is 14.9. The minimum absolute atomic E-state index is 0.109. The fraction of sp³-hybridized carbons (Fsp3) is 0.929. The van der Waals surface area contributed by atoms with Crippen molar-refractivity contribution < 1.29 is 5.11 Å². The van der Waals surface area contributed by atoms with E-state index in [4.69, 9.17) is 0 Å². The second-order valence-corrected chi connectivity index (χ2v) is 12.6. The zero-order valence-electron chi connectivity index (χ0n) is 20.2. The van der Waals surface area contributed by atoms with E-state index in [1.807, 2.05) is 0 Å². The van der Waals surface area contributed by atoms with E-state index in [9.17, 15) is 5.11 Å². The van der Waals surface area contributed by atoms with Gasteiger partial charge in [0.05, 0.1) is 6.10 Å². The van der Waals surface area contributed by atoms with Gasteiger partial charge in [0.1, 0.15) is 0 Å². The predicted molar refractivity (Wildman–Crippen MR) is 124 cm³/mol. The first kappa shape index (κ1) is 21.9. The summed E-state index contributed by atoms with van der Waals surface area (Å²) in [6.07, 6.45) is 16.1. The zero-order valence-corrected chi connectivity index (χ0v) is 20.2. The van der Waals surface area contributed by atoms with Crippen molar-refractivity contribution in [1.29, 1.82) is 0 Å². The Morgan fingerprint density at radius 3 is 2.48 bits per heavy atom. The summed E-state index contributed by atoms with van der Waals surface area (Å²) in [6, 6.07) is 0. The number of aliphatic hydroxyl groups is 1. The van der Waals surface area contributed by atoms with Gasteiger partial charge in [0.15, 0.2) is 0 Å². The van der Waals surface area contributed by atoms with E-state index in [1.165, 1.54) is 57.8 Å². The number of hydrogen-bond acceptors (Lipinski definition) is 1. The molecule has 4 aliphatic rings. The van der Waals surface area contributed by atoms with Crippen LogP contribution < -0.4 is 0 Å². The molecule has 4 rings (SSSR count). The SMILES string of the molecule is CC(C)CCCC(C)[C@H]1CCC2C3CC=C4C(C)[C@@H](O)CC[C@]4(C)C3CC[C@@]21C. The summed E-state index contributed by atoms with van der Waals surface area (Å²) >= 11 is 0. The van der Waals surface area contributed by atoms with Gasteiger partial charge in [-0.3, -0.25) is 0 Å². The van der Waals surface area contributed by atoms with Crippen LogP contribution >= 0.6 is 0 Å². The third kappa shape index (κ3) is 3.56. The molecule has 0 aromatic rings. The molecule has 0 aromatic heterocycles. The van der Waals surface area contributed by atoms with E-state index < -0.39 is 0 Å². The largest absolute Gasteiger partial charge is 0.393 e. The molecule has 9 atom stereocenters. The second kappa shape index (κ2) is 7.99. The third-order valence-electron chi connectivity index (χ3n) is 10.8. The highest BCUT2D eigenvalue weighted by Crippen LogP contribution is 2.67. The van der Waals surface area contributed by atoms with Gasteiger partial charge >= 0.3 is 0 Å². The standard InChI is InChI=1S/C28H48O/c1-18(2)8-7-9-19(3)22-12-13-24-21-10-11-23-20(4)26(29)15-17-28(23,6)25(21)14-16-27(22,24)5/h11,18-22,24-26,29H,7-10,12-17H2,1-6H3/t19?,20?,21?,22-,24?,25?,26+,27-,28+/m1/s1. The van der Waals surface area contributed by atoms with Crippen molar-refractivity contribution in [3.05, 3.63) is 11.6 Å². The molecule has 0 heterocycles. The molecule has 0 aromatic carbocycles. The lowest BCUT2D eigenvalue weighted by molar-refractivity contribution is -0.0644. The van der Waals surface area contributed by atoms with Gasteiger partial charge in [-0.2, -0.15) is 0 Å². The van der Waals surface area contributed by atoms with Crippen molar-refractivity contribution in [2.45, 2.75) is 112 Å². The van der Waals surface area contributed by atoms with Gasteiger partial charge < -0.3 is 5.11 Å². The van der Waals surface area contributed by atoms with Crippen molar-refractivity contribution in [2.24, 2.45) is 52.3 Å². The van der Waals surface area contributed by atoms with Crippen molar-refractivity contribution >= 4 is 0 Å². The minimum Gasteiger partial charge on any atom is -0.393 e. The molecule has 0 aliphatic heterocycles. The normalized spacial score (nSPS) is 47.9. The van der Waals surface area contributed by atoms with E-state index in [1.54, 1.807) is 5.57 Å². The zero-order chi connectivity index (χ0) is 21.0. The van der Waals surface area contributed by atoms with Crippen LogP contribution in [0.2, 0.25) is 0 Å².